The molecule has 0 radical (unpaired) electrons. The van der Waals surface area contributed by atoms with Crippen LogP contribution in [0.1, 0.15) is 40.2 Å². The number of rotatable bonds is 8. The number of ether oxygens (including phenoxy) is 1. The topological polar surface area (TPSA) is 73.9 Å². The van der Waals surface area contributed by atoms with E-state index in [-0.39, 0.29) is 18.4 Å². The third-order valence-electron chi connectivity index (χ3n) is 3.31. The van der Waals surface area contributed by atoms with Crippen LogP contribution >= 0.6 is 0 Å². The summed E-state index contributed by atoms with van der Waals surface area (Å²) in [6.07, 6.45) is -0.565. The number of carbonyl (C=O) groups excluding carboxylic acids is 2. The maximum Gasteiger partial charge on any atom is 0.422 e. The molecular formula is C19H32N4O3. The second-order valence-corrected chi connectivity index (χ2v) is 7.58. The van der Waals surface area contributed by atoms with Crippen LogP contribution in [0.25, 0.3) is 0 Å². The third-order valence-corrected chi connectivity index (χ3v) is 3.31. The zero-order valence-electron chi connectivity index (χ0n) is 16.7. The van der Waals surface area contributed by atoms with Crippen LogP contribution in [-0.4, -0.2) is 47.8 Å². The highest BCUT2D eigenvalue weighted by molar-refractivity contribution is 5.78. The van der Waals surface area contributed by atoms with Crippen molar-refractivity contribution in [3.8, 4) is 0 Å². The van der Waals surface area contributed by atoms with E-state index in [2.05, 4.69) is 10.9 Å². The van der Waals surface area contributed by atoms with Crippen molar-refractivity contribution in [3.63, 3.8) is 0 Å². The zero-order chi connectivity index (χ0) is 19.7. The maximum absolute atomic E-state index is 12.7. The Balaban J connectivity index is 2.71. The summed E-state index contributed by atoms with van der Waals surface area (Å²) >= 11 is 0. The highest BCUT2D eigenvalue weighted by atomic mass is 16.6. The average molecular weight is 364 g/mol. The summed E-state index contributed by atoms with van der Waals surface area (Å²) in [5.74, 6) is 0.128. The monoisotopic (exact) mass is 364 g/mol. The number of hydrogen-bond acceptors (Lipinski definition) is 5. The molecule has 2 amide bonds. The van der Waals surface area contributed by atoms with Gasteiger partial charge in [0.25, 0.3) is 5.91 Å². The van der Waals surface area contributed by atoms with Crippen LogP contribution < -0.4 is 10.9 Å². The Morgan fingerprint density at radius 1 is 1.15 bits per heavy atom. The number of hydrazine groups is 2. The first-order chi connectivity index (χ1) is 12.1. The fourth-order valence-electron chi connectivity index (χ4n) is 2.33. The predicted octanol–water partition coefficient (Wildman–Crippen LogP) is 2.55. The SMILES string of the molecule is CNN(Cc1ccccc1)C(=O)CN(CC(C)C)NC(=O)OC(C)(C)C. The van der Waals surface area contributed by atoms with E-state index in [1.54, 1.807) is 32.8 Å². The van der Waals surface area contributed by atoms with E-state index in [9.17, 15) is 9.59 Å². The lowest BCUT2D eigenvalue weighted by Crippen LogP contribution is -2.52. The van der Waals surface area contributed by atoms with Crippen molar-refractivity contribution in [2.24, 2.45) is 5.92 Å². The van der Waals surface area contributed by atoms with E-state index in [0.717, 1.165) is 5.56 Å². The summed E-state index contributed by atoms with van der Waals surface area (Å²) in [5, 5.41) is 3.12. The van der Waals surface area contributed by atoms with Gasteiger partial charge in [0.2, 0.25) is 0 Å². The zero-order valence-corrected chi connectivity index (χ0v) is 16.7. The lowest BCUT2D eigenvalue weighted by Gasteiger charge is -2.29. The molecule has 0 heterocycles. The highest BCUT2D eigenvalue weighted by Gasteiger charge is 2.22. The van der Waals surface area contributed by atoms with Crippen LogP contribution in [0.15, 0.2) is 30.3 Å². The number of amides is 2. The smallest absolute Gasteiger partial charge is 0.422 e. The average Bonchev–Trinajstić information content (AvgIpc) is 2.50. The fraction of sp³-hybridized carbons (Fsp3) is 0.579. The molecule has 1 aromatic carbocycles. The minimum Gasteiger partial charge on any atom is -0.443 e. The van der Waals surface area contributed by atoms with Gasteiger partial charge in [-0.1, -0.05) is 44.2 Å². The Morgan fingerprint density at radius 2 is 1.77 bits per heavy atom. The summed E-state index contributed by atoms with van der Waals surface area (Å²) in [4.78, 5) is 24.7. The molecule has 146 valence electrons. The molecular weight excluding hydrogens is 332 g/mol. The predicted molar refractivity (Wildman–Crippen MR) is 102 cm³/mol. The summed E-state index contributed by atoms with van der Waals surface area (Å²) < 4.78 is 5.28. The van der Waals surface area contributed by atoms with Crippen LogP contribution in [0, 0.1) is 5.92 Å². The molecule has 0 unspecified atom stereocenters. The lowest BCUT2D eigenvalue weighted by atomic mass is 10.2. The van der Waals surface area contributed by atoms with Gasteiger partial charge in [0.1, 0.15) is 5.60 Å². The second-order valence-electron chi connectivity index (χ2n) is 7.58. The van der Waals surface area contributed by atoms with Crippen molar-refractivity contribution in [3.05, 3.63) is 35.9 Å². The van der Waals surface area contributed by atoms with Crippen molar-refractivity contribution in [1.29, 1.82) is 0 Å². The molecule has 1 aromatic rings. The van der Waals surface area contributed by atoms with Gasteiger partial charge in [0, 0.05) is 13.6 Å². The first-order valence-corrected chi connectivity index (χ1v) is 8.87. The van der Waals surface area contributed by atoms with Crippen LogP contribution in [0.2, 0.25) is 0 Å². The molecule has 0 spiro atoms. The third kappa shape index (κ3) is 8.82. The minimum atomic E-state index is -0.595. The Hall–Kier alpha value is -2.12. The van der Waals surface area contributed by atoms with Gasteiger partial charge < -0.3 is 4.74 Å². The van der Waals surface area contributed by atoms with Crippen LogP contribution in [0.4, 0.5) is 4.79 Å². The lowest BCUT2D eigenvalue weighted by molar-refractivity contribution is -0.136. The minimum absolute atomic E-state index is 0.0467. The molecule has 0 saturated heterocycles. The molecule has 0 aliphatic heterocycles. The van der Waals surface area contributed by atoms with Crippen molar-refractivity contribution >= 4 is 12.0 Å². The molecule has 0 fully saturated rings. The van der Waals surface area contributed by atoms with Gasteiger partial charge in [-0.25, -0.2) is 15.2 Å². The quantitative estimate of drug-likeness (QED) is 0.694. The van der Waals surface area contributed by atoms with Gasteiger partial charge in [-0.05, 0) is 32.3 Å². The molecule has 0 saturated carbocycles. The highest BCUT2D eigenvalue weighted by Crippen LogP contribution is 2.08. The molecule has 2 N–H and O–H groups in total. The Kier molecular flexibility index (Phi) is 8.54. The normalized spacial score (nSPS) is 11.5. The van der Waals surface area contributed by atoms with Crippen molar-refractivity contribution in [2.75, 3.05) is 20.1 Å². The number of nitrogens with one attached hydrogen (secondary N) is 2. The number of hydrogen-bond donors (Lipinski definition) is 2. The molecule has 1 rings (SSSR count). The molecule has 0 aromatic heterocycles. The van der Waals surface area contributed by atoms with Crippen LogP contribution in [0.3, 0.4) is 0 Å². The number of carbonyl (C=O) groups is 2. The van der Waals surface area contributed by atoms with E-state index >= 15 is 0 Å². The van der Waals surface area contributed by atoms with Gasteiger partial charge in [-0.15, -0.1) is 0 Å². The number of nitrogens with zero attached hydrogens (tertiary/aromatic N) is 2. The van der Waals surface area contributed by atoms with Crippen molar-refractivity contribution in [1.82, 2.24) is 20.9 Å². The first-order valence-electron chi connectivity index (χ1n) is 8.87. The molecule has 0 aliphatic carbocycles. The molecule has 26 heavy (non-hydrogen) atoms. The summed E-state index contributed by atoms with van der Waals surface area (Å²) in [7, 11) is 1.70. The van der Waals surface area contributed by atoms with E-state index in [1.165, 1.54) is 5.01 Å². The van der Waals surface area contributed by atoms with Crippen molar-refractivity contribution in [2.45, 2.75) is 46.8 Å². The molecule has 0 bridgehead atoms. The first kappa shape index (κ1) is 21.9. The molecule has 0 aliphatic rings. The molecule has 0 atom stereocenters. The van der Waals surface area contributed by atoms with Gasteiger partial charge in [0.05, 0.1) is 13.1 Å². The van der Waals surface area contributed by atoms with Crippen LogP contribution in [-0.2, 0) is 16.1 Å². The second kappa shape index (κ2) is 10.1. The standard InChI is InChI=1S/C19H32N4O3/c1-15(2)12-22(21-18(25)26-19(3,4)5)14-17(24)23(20-6)13-16-10-8-7-9-11-16/h7-11,15,20H,12-14H2,1-6H3,(H,21,25). The van der Waals surface area contributed by atoms with Gasteiger partial charge in [0.15, 0.2) is 0 Å². The Bertz CT molecular complexity index is 570. The Morgan fingerprint density at radius 3 is 2.27 bits per heavy atom. The number of benzene rings is 1. The van der Waals surface area contributed by atoms with E-state index in [1.807, 2.05) is 44.2 Å². The summed E-state index contributed by atoms with van der Waals surface area (Å²) in [6.45, 7) is 10.5. The maximum atomic E-state index is 12.7. The van der Waals surface area contributed by atoms with Gasteiger partial charge >= 0.3 is 6.09 Å². The molecule has 7 nitrogen and oxygen atoms in total. The van der Waals surface area contributed by atoms with Gasteiger partial charge in [-0.3, -0.25) is 15.2 Å². The fourth-order valence-corrected chi connectivity index (χ4v) is 2.33. The van der Waals surface area contributed by atoms with Gasteiger partial charge in [-0.2, -0.15) is 0 Å². The summed E-state index contributed by atoms with van der Waals surface area (Å²) in [5.41, 5.74) is 6.01. The largest absolute Gasteiger partial charge is 0.443 e. The summed E-state index contributed by atoms with van der Waals surface area (Å²) in [6, 6.07) is 9.72. The van der Waals surface area contributed by atoms with E-state index < -0.39 is 11.7 Å². The van der Waals surface area contributed by atoms with Crippen molar-refractivity contribution < 1.29 is 14.3 Å². The Labute approximate surface area is 156 Å². The van der Waals surface area contributed by atoms with E-state index in [4.69, 9.17) is 4.74 Å². The van der Waals surface area contributed by atoms with Crippen LogP contribution in [0.5, 0.6) is 0 Å². The van der Waals surface area contributed by atoms with E-state index in [0.29, 0.717) is 13.1 Å². The molecule has 7 heteroatoms.